The van der Waals surface area contributed by atoms with Gasteiger partial charge in [0.1, 0.15) is 5.75 Å². The molecule has 21 heavy (non-hydrogen) atoms. The van der Waals surface area contributed by atoms with Gasteiger partial charge in [-0.2, -0.15) is 0 Å². The lowest BCUT2D eigenvalue weighted by Crippen LogP contribution is -2.33. The number of ether oxygens (including phenoxy) is 1. The second kappa shape index (κ2) is 5.06. The molecule has 0 aliphatic heterocycles. The van der Waals surface area contributed by atoms with E-state index in [2.05, 4.69) is 37.4 Å². The minimum Gasteiger partial charge on any atom is -0.497 e. The third kappa shape index (κ3) is 1.90. The summed E-state index contributed by atoms with van der Waals surface area (Å²) in [4.78, 5) is 0. The molecule has 3 nitrogen and oxygen atoms in total. The molecule has 1 unspecified atom stereocenters. The highest BCUT2D eigenvalue weighted by Crippen LogP contribution is 2.50. The van der Waals surface area contributed by atoms with E-state index in [1.807, 2.05) is 6.07 Å². The smallest absolute Gasteiger partial charge is 0.122 e. The Kier molecular flexibility index (Phi) is 3.48. The highest BCUT2D eigenvalue weighted by atomic mass is 16.5. The molecule has 1 aliphatic carbocycles. The van der Waals surface area contributed by atoms with E-state index in [0.717, 1.165) is 42.5 Å². The average molecular weight is 287 g/mol. The summed E-state index contributed by atoms with van der Waals surface area (Å²) < 4.78 is 7.57. The summed E-state index contributed by atoms with van der Waals surface area (Å²) in [5.74, 6) is 0.868. The summed E-state index contributed by atoms with van der Waals surface area (Å²) in [7, 11) is 1.69. The van der Waals surface area contributed by atoms with Crippen LogP contribution in [0.25, 0.3) is 5.52 Å². The Morgan fingerprint density at radius 2 is 2.10 bits per heavy atom. The fourth-order valence-electron chi connectivity index (χ4n) is 4.03. The van der Waals surface area contributed by atoms with Crippen LogP contribution >= 0.6 is 0 Å². The Balaban J connectivity index is 2.22. The average Bonchev–Trinajstić information content (AvgIpc) is 2.81. The SMILES string of the molecule is CCC1(CC)CCc2c(c(C)c3cc(OC)ccn23)C1O. The molecule has 1 N–H and O–H groups in total. The molecular formula is C18H25NO2. The highest BCUT2D eigenvalue weighted by Gasteiger charge is 2.42. The second-order valence-corrected chi connectivity index (χ2v) is 6.28. The number of nitrogens with zero attached hydrogens (tertiary/aromatic N) is 1. The zero-order chi connectivity index (χ0) is 15.2. The fraction of sp³-hybridized carbons (Fsp3) is 0.556. The van der Waals surface area contributed by atoms with E-state index < -0.39 is 0 Å². The van der Waals surface area contributed by atoms with Gasteiger partial charge in [0.05, 0.1) is 18.7 Å². The highest BCUT2D eigenvalue weighted by molar-refractivity contribution is 5.65. The molecule has 3 heteroatoms. The van der Waals surface area contributed by atoms with Crippen molar-refractivity contribution in [1.82, 2.24) is 4.40 Å². The third-order valence-corrected chi connectivity index (χ3v) is 5.67. The lowest BCUT2D eigenvalue weighted by Gasteiger charge is -2.41. The van der Waals surface area contributed by atoms with E-state index in [1.165, 1.54) is 11.3 Å². The number of aromatic nitrogens is 1. The van der Waals surface area contributed by atoms with Crippen LogP contribution in [0.3, 0.4) is 0 Å². The minimum atomic E-state index is -0.359. The number of rotatable bonds is 3. The van der Waals surface area contributed by atoms with Crippen molar-refractivity contribution in [3.63, 3.8) is 0 Å². The molecule has 0 spiro atoms. The maximum Gasteiger partial charge on any atom is 0.122 e. The van der Waals surface area contributed by atoms with Gasteiger partial charge in [-0.1, -0.05) is 13.8 Å². The standard InChI is InChI=1S/C18H25NO2/c1-5-18(6-2)9-7-14-16(17(18)20)12(3)15-11-13(21-4)8-10-19(14)15/h8,10-11,17,20H,5-7,9H2,1-4H3. The number of fused-ring (bicyclic) bond motifs is 3. The number of hydrogen-bond acceptors (Lipinski definition) is 2. The molecule has 0 saturated heterocycles. The molecule has 2 heterocycles. The van der Waals surface area contributed by atoms with E-state index >= 15 is 0 Å². The molecule has 114 valence electrons. The minimum absolute atomic E-state index is 0.0345. The van der Waals surface area contributed by atoms with E-state index in [4.69, 9.17) is 4.74 Å². The van der Waals surface area contributed by atoms with Crippen molar-refractivity contribution < 1.29 is 9.84 Å². The van der Waals surface area contributed by atoms with Crippen LogP contribution in [0.1, 0.15) is 56.0 Å². The van der Waals surface area contributed by atoms with Gasteiger partial charge in [-0.3, -0.25) is 0 Å². The lowest BCUT2D eigenvalue weighted by molar-refractivity contribution is -0.000525. The van der Waals surface area contributed by atoms with Crippen molar-refractivity contribution in [1.29, 1.82) is 0 Å². The normalized spacial score (nSPS) is 20.5. The molecule has 1 atom stereocenters. The Bertz CT molecular complexity index is 667. The van der Waals surface area contributed by atoms with Gasteiger partial charge in [-0.25, -0.2) is 0 Å². The molecule has 0 amide bonds. The van der Waals surface area contributed by atoms with Crippen LogP contribution in [0.2, 0.25) is 0 Å². The molecule has 0 bridgehead atoms. The van der Waals surface area contributed by atoms with Gasteiger partial charge >= 0.3 is 0 Å². The van der Waals surface area contributed by atoms with Crippen LogP contribution in [0.15, 0.2) is 18.3 Å². The second-order valence-electron chi connectivity index (χ2n) is 6.28. The number of pyridine rings is 1. The maximum atomic E-state index is 11.0. The van der Waals surface area contributed by atoms with Crippen LogP contribution in [0, 0.1) is 12.3 Å². The summed E-state index contributed by atoms with van der Waals surface area (Å²) >= 11 is 0. The largest absolute Gasteiger partial charge is 0.497 e. The van der Waals surface area contributed by atoms with Gasteiger partial charge in [0, 0.05) is 28.9 Å². The Labute approximate surface area is 126 Å². The van der Waals surface area contributed by atoms with Crippen LogP contribution in [-0.4, -0.2) is 16.6 Å². The monoisotopic (exact) mass is 287 g/mol. The van der Waals surface area contributed by atoms with Gasteiger partial charge in [0.15, 0.2) is 0 Å². The first-order valence-corrected chi connectivity index (χ1v) is 7.93. The van der Waals surface area contributed by atoms with Gasteiger partial charge in [0.25, 0.3) is 0 Å². The van der Waals surface area contributed by atoms with Crippen molar-refractivity contribution in [2.24, 2.45) is 5.41 Å². The predicted molar refractivity (Wildman–Crippen MR) is 85.0 cm³/mol. The number of aliphatic hydroxyl groups excluding tert-OH is 1. The van der Waals surface area contributed by atoms with E-state index in [9.17, 15) is 5.11 Å². The van der Waals surface area contributed by atoms with Crippen molar-refractivity contribution in [2.45, 2.75) is 52.6 Å². The van der Waals surface area contributed by atoms with Crippen molar-refractivity contribution in [3.8, 4) is 5.75 Å². The number of aryl methyl sites for hydroxylation is 2. The zero-order valence-corrected chi connectivity index (χ0v) is 13.4. The first-order valence-electron chi connectivity index (χ1n) is 7.93. The van der Waals surface area contributed by atoms with Gasteiger partial charge in [-0.15, -0.1) is 0 Å². The van der Waals surface area contributed by atoms with Gasteiger partial charge in [0.2, 0.25) is 0 Å². The molecule has 2 aromatic rings. The first-order chi connectivity index (χ1) is 10.1. The summed E-state index contributed by atoms with van der Waals surface area (Å²) in [5, 5.41) is 11.0. The molecule has 3 rings (SSSR count). The van der Waals surface area contributed by atoms with Crippen LogP contribution in [0.4, 0.5) is 0 Å². The fourth-order valence-corrected chi connectivity index (χ4v) is 4.03. The predicted octanol–water partition coefficient (Wildman–Crippen LogP) is 4.04. The topological polar surface area (TPSA) is 33.9 Å². The molecule has 0 radical (unpaired) electrons. The summed E-state index contributed by atoms with van der Waals surface area (Å²) in [6.45, 7) is 6.52. The third-order valence-electron chi connectivity index (χ3n) is 5.67. The molecule has 2 aromatic heterocycles. The summed E-state index contributed by atoms with van der Waals surface area (Å²) in [6, 6.07) is 4.06. The van der Waals surface area contributed by atoms with Crippen molar-refractivity contribution >= 4 is 5.52 Å². The number of hydrogen-bond donors (Lipinski definition) is 1. The van der Waals surface area contributed by atoms with E-state index in [1.54, 1.807) is 7.11 Å². The zero-order valence-electron chi connectivity index (χ0n) is 13.4. The van der Waals surface area contributed by atoms with Crippen molar-refractivity contribution in [3.05, 3.63) is 35.2 Å². The Morgan fingerprint density at radius 1 is 1.38 bits per heavy atom. The number of methoxy groups -OCH3 is 1. The molecular weight excluding hydrogens is 262 g/mol. The van der Waals surface area contributed by atoms with Crippen LogP contribution in [0.5, 0.6) is 5.75 Å². The summed E-state index contributed by atoms with van der Waals surface area (Å²) in [5.41, 5.74) is 4.81. The lowest BCUT2D eigenvalue weighted by atomic mass is 9.67. The molecule has 0 fully saturated rings. The van der Waals surface area contributed by atoms with E-state index in [-0.39, 0.29) is 11.5 Å². The van der Waals surface area contributed by atoms with E-state index in [0.29, 0.717) is 0 Å². The molecule has 0 aromatic carbocycles. The van der Waals surface area contributed by atoms with Crippen LogP contribution in [-0.2, 0) is 6.42 Å². The van der Waals surface area contributed by atoms with Crippen molar-refractivity contribution in [2.75, 3.05) is 7.11 Å². The Morgan fingerprint density at radius 3 is 2.71 bits per heavy atom. The Hall–Kier alpha value is -1.48. The number of aliphatic hydroxyl groups is 1. The summed E-state index contributed by atoms with van der Waals surface area (Å²) in [6.07, 6.45) is 5.86. The quantitative estimate of drug-likeness (QED) is 0.924. The first kappa shape index (κ1) is 14.5. The maximum absolute atomic E-state index is 11.0. The van der Waals surface area contributed by atoms with Gasteiger partial charge < -0.3 is 14.2 Å². The molecule has 0 saturated carbocycles. The molecule has 1 aliphatic rings. The van der Waals surface area contributed by atoms with Gasteiger partial charge in [-0.05, 0) is 44.2 Å². The van der Waals surface area contributed by atoms with Crippen LogP contribution < -0.4 is 4.74 Å².